The summed E-state index contributed by atoms with van der Waals surface area (Å²) >= 11 is 0. The van der Waals surface area contributed by atoms with Crippen LogP contribution in [-0.2, 0) is 14.3 Å². The molecule has 26 heavy (non-hydrogen) atoms. The van der Waals surface area contributed by atoms with Crippen LogP contribution in [0.25, 0.3) is 0 Å². The van der Waals surface area contributed by atoms with Gasteiger partial charge >= 0.3 is 0 Å². The summed E-state index contributed by atoms with van der Waals surface area (Å²) in [5.41, 5.74) is 10.2. The average molecular weight is 375 g/mol. The monoisotopic (exact) mass is 375 g/mol. The van der Waals surface area contributed by atoms with Crippen LogP contribution in [-0.4, -0.2) is 87.4 Å². The lowest BCUT2D eigenvalue weighted by Crippen LogP contribution is -2.65. The zero-order valence-electron chi connectivity index (χ0n) is 14.5. The Morgan fingerprint density at radius 3 is 2.46 bits per heavy atom. The topological polar surface area (TPSA) is 181 Å². The average Bonchev–Trinajstić information content (AvgIpc) is 2.90. The Labute approximate surface area is 151 Å². The number of rotatable bonds is 5. The first-order valence-corrected chi connectivity index (χ1v) is 9.04. The minimum atomic E-state index is -1.50. The van der Waals surface area contributed by atoms with Gasteiger partial charge in [0.1, 0.15) is 17.8 Å². The van der Waals surface area contributed by atoms with Gasteiger partial charge in [-0.1, -0.05) is 0 Å². The van der Waals surface area contributed by atoms with E-state index in [0.717, 1.165) is 0 Å². The molecule has 9 N–H and O–H groups in total. The van der Waals surface area contributed by atoms with Crippen molar-refractivity contribution in [2.24, 2.45) is 11.5 Å². The van der Waals surface area contributed by atoms with E-state index in [1.165, 1.54) is 0 Å². The van der Waals surface area contributed by atoms with Crippen LogP contribution in [0.3, 0.4) is 0 Å². The second kappa shape index (κ2) is 7.64. The van der Waals surface area contributed by atoms with Gasteiger partial charge in [-0.15, -0.1) is 0 Å². The molecule has 1 aliphatic heterocycles. The number of amides is 1. The summed E-state index contributed by atoms with van der Waals surface area (Å²) in [6, 6.07) is -1.23. The number of nitrogens with two attached hydrogens (primary N) is 2. The molecule has 2 saturated carbocycles. The van der Waals surface area contributed by atoms with E-state index in [-0.39, 0.29) is 38.0 Å². The first kappa shape index (κ1) is 19.9. The molecular formula is C16H29N3O7. The Morgan fingerprint density at radius 1 is 1.19 bits per heavy atom. The molecule has 0 bridgehead atoms. The summed E-state index contributed by atoms with van der Waals surface area (Å²) < 4.78 is 11.1. The predicted molar refractivity (Wildman–Crippen MR) is 88.5 cm³/mol. The van der Waals surface area contributed by atoms with Gasteiger partial charge in [0.2, 0.25) is 0 Å². The molecule has 3 fully saturated rings. The maximum atomic E-state index is 12.3. The second-order valence-corrected chi connectivity index (χ2v) is 7.79. The van der Waals surface area contributed by atoms with E-state index in [1.54, 1.807) is 0 Å². The molecule has 0 spiro atoms. The molecule has 10 heteroatoms. The van der Waals surface area contributed by atoms with Crippen molar-refractivity contribution >= 4 is 5.91 Å². The molecule has 1 heterocycles. The molecular weight excluding hydrogens is 346 g/mol. The number of hydrogen-bond donors (Lipinski definition) is 7. The summed E-state index contributed by atoms with van der Waals surface area (Å²) in [5.74, 6) is -0.575. The van der Waals surface area contributed by atoms with Crippen LogP contribution in [0, 0.1) is 0 Å². The van der Waals surface area contributed by atoms with Gasteiger partial charge in [0.05, 0.1) is 24.9 Å². The molecule has 1 amide bonds. The Balaban J connectivity index is 1.59. The molecule has 3 aliphatic rings. The SMILES string of the molecule is NC1CC(O)(C(=O)N[C@@H]2C[C@H](N)C[C@H](O[C@@H]3O[C@H](CO)C[C@H]3O)[C@H]2O)C1. The quantitative estimate of drug-likeness (QED) is 0.258. The number of aliphatic hydroxyl groups excluding tert-OH is 3. The standard InChI is InChI=1S/C16H29N3O7/c17-7-1-10(19-15(23)16(24)4-8(18)5-16)13(22)12(2-7)26-14-11(21)3-9(6-20)25-14/h7-14,20-22,24H,1-6,17-18H2,(H,19,23)/t7-,8?,9-,10+,11+,12-,13-,14-,16?/m0/s1. The number of ether oxygens (including phenoxy) is 2. The highest BCUT2D eigenvalue weighted by molar-refractivity contribution is 5.86. The van der Waals surface area contributed by atoms with Gasteiger partial charge in [0.15, 0.2) is 6.29 Å². The Bertz CT molecular complexity index is 516. The molecule has 0 aromatic carbocycles. The normalized spacial score (nSPS) is 48.8. The van der Waals surface area contributed by atoms with Crippen molar-refractivity contribution in [1.82, 2.24) is 5.32 Å². The summed E-state index contributed by atoms with van der Waals surface area (Å²) in [6.45, 7) is -0.233. The highest BCUT2D eigenvalue weighted by atomic mass is 16.7. The van der Waals surface area contributed by atoms with Gasteiger partial charge in [-0.3, -0.25) is 4.79 Å². The van der Waals surface area contributed by atoms with Crippen molar-refractivity contribution < 1.29 is 34.7 Å². The van der Waals surface area contributed by atoms with E-state index >= 15 is 0 Å². The largest absolute Gasteiger partial charge is 0.394 e. The third-order valence-corrected chi connectivity index (χ3v) is 5.48. The molecule has 0 unspecified atom stereocenters. The molecule has 2 aliphatic carbocycles. The number of hydrogen-bond acceptors (Lipinski definition) is 9. The van der Waals surface area contributed by atoms with Gasteiger partial charge in [-0.05, 0) is 12.8 Å². The summed E-state index contributed by atoms with van der Waals surface area (Å²) in [6.07, 6.45) is -2.96. The maximum Gasteiger partial charge on any atom is 0.252 e. The van der Waals surface area contributed by atoms with Crippen LogP contribution in [0.4, 0.5) is 0 Å². The van der Waals surface area contributed by atoms with Gasteiger partial charge in [-0.2, -0.15) is 0 Å². The maximum absolute atomic E-state index is 12.3. The second-order valence-electron chi connectivity index (χ2n) is 7.79. The Morgan fingerprint density at radius 2 is 1.88 bits per heavy atom. The summed E-state index contributed by atoms with van der Waals surface area (Å²) in [7, 11) is 0. The zero-order chi connectivity index (χ0) is 19.1. The van der Waals surface area contributed by atoms with Crippen molar-refractivity contribution in [1.29, 1.82) is 0 Å². The fourth-order valence-corrected chi connectivity index (χ4v) is 3.96. The Hall–Kier alpha value is -0.850. The van der Waals surface area contributed by atoms with Crippen molar-refractivity contribution in [2.45, 2.75) is 86.5 Å². The highest BCUT2D eigenvalue weighted by Crippen LogP contribution is 2.32. The van der Waals surface area contributed by atoms with Gasteiger partial charge in [-0.25, -0.2) is 0 Å². The van der Waals surface area contributed by atoms with E-state index in [0.29, 0.717) is 12.8 Å². The molecule has 0 radical (unpaired) electrons. The van der Waals surface area contributed by atoms with Crippen LogP contribution in [0.15, 0.2) is 0 Å². The number of nitrogens with one attached hydrogen (secondary N) is 1. The number of carbonyl (C=O) groups is 1. The van der Waals surface area contributed by atoms with Crippen molar-refractivity contribution in [2.75, 3.05) is 6.61 Å². The predicted octanol–water partition coefficient (Wildman–Crippen LogP) is -3.34. The van der Waals surface area contributed by atoms with Crippen molar-refractivity contribution in [3.05, 3.63) is 0 Å². The van der Waals surface area contributed by atoms with Crippen LogP contribution >= 0.6 is 0 Å². The van der Waals surface area contributed by atoms with E-state index in [2.05, 4.69) is 5.32 Å². The smallest absolute Gasteiger partial charge is 0.252 e. The zero-order valence-corrected chi connectivity index (χ0v) is 14.5. The molecule has 0 aromatic heterocycles. The van der Waals surface area contributed by atoms with Crippen LogP contribution in [0.2, 0.25) is 0 Å². The van der Waals surface area contributed by atoms with Gasteiger partial charge in [0, 0.05) is 31.3 Å². The van der Waals surface area contributed by atoms with E-state index in [9.17, 15) is 20.1 Å². The fraction of sp³-hybridized carbons (Fsp3) is 0.938. The minimum absolute atomic E-state index is 0.179. The lowest BCUT2D eigenvalue weighted by atomic mass is 9.75. The van der Waals surface area contributed by atoms with E-state index in [1.807, 2.05) is 0 Å². The van der Waals surface area contributed by atoms with Crippen LogP contribution in [0.1, 0.15) is 32.1 Å². The number of carbonyl (C=O) groups excluding carboxylic acids is 1. The first-order chi connectivity index (χ1) is 12.2. The summed E-state index contributed by atoms with van der Waals surface area (Å²) in [4.78, 5) is 12.3. The van der Waals surface area contributed by atoms with Crippen LogP contribution in [0.5, 0.6) is 0 Å². The Kier molecular flexibility index (Phi) is 5.85. The molecule has 3 rings (SSSR count). The lowest BCUT2D eigenvalue weighted by molar-refractivity contribution is -0.221. The molecule has 7 atom stereocenters. The first-order valence-electron chi connectivity index (χ1n) is 9.04. The molecule has 1 saturated heterocycles. The van der Waals surface area contributed by atoms with Crippen molar-refractivity contribution in [3.63, 3.8) is 0 Å². The van der Waals surface area contributed by atoms with E-state index in [4.69, 9.17) is 26.0 Å². The lowest BCUT2D eigenvalue weighted by Gasteiger charge is -2.43. The minimum Gasteiger partial charge on any atom is -0.394 e. The number of aliphatic hydroxyl groups is 4. The third-order valence-electron chi connectivity index (χ3n) is 5.48. The fourth-order valence-electron chi connectivity index (χ4n) is 3.96. The van der Waals surface area contributed by atoms with E-state index < -0.39 is 48.3 Å². The van der Waals surface area contributed by atoms with Gasteiger partial charge in [0.25, 0.3) is 5.91 Å². The highest BCUT2D eigenvalue weighted by Gasteiger charge is 2.49. The molecule has 0 aromatic rings. The van der Waals surface area contributed by atoms with Crippen LogP contribution < -0.4 is 16.8 Å². The third kappa shape index (κ3) is 4.02. The summed E-state index contributed by atoms with van der Waals surface area (Å²) in [5, 5.41) is 42.5. The molecule has 10 nitrogen and oxygen atoms in total. The van der Waals surface area contributed by atoms with Gasteiger partial charge < -0.3 is 46.7 Å². The molecule has 150 valence electrons. The van der Waals surface area contributed by atoms with Crippen molar-refractivity contribution in [3.8, 4) is 0 Å².